The van der Waals surface area contributed by atoms with E-state index in [2.05, 4.69) is 137 Å². The second-order valence-corrected chi connectivity index (χ2v) is 10.2. The molecular weight excluding hydrogens is 498 g/mol. The van der Waals surface area contributed by atoms with Gasteiger partial charge in [0.25, 0.3) is 0 Å². The second kappa shape index (κ2) is 9.58. The Morgan fingerprint density at radius 1 is 0.439 bits per heavy atom. The summed E-state index contributed by atoms with van der Waals surface area (Å²) in [7, 11) is 0. The smallest absolute Gasteiger partial charge is 0.145 e. The van der Waals surface area contributed by atoms with Crippen molar-refractivity contribution >= 4 is 32.6 Å². The fourth-order valence-electron chi connectivity index (χ4n) is 6.03. The van der Waals surface area contributed by atoms with Crippen LogP contribution in [0, 0.1) is 0 Å². The third-order valence-electron chi connectivity index (χ3n) is 7.85. The zero-order valence-corrected chi connectivity index (χ0v) is 22.3. The van der Waals surface area contributed by atoms with Gasteiger partial charge in [-0.3, -0.25) is 9.55 Å². The van der Waals surface area contributed by atoms with Crippen LogP contribution in [-0.2, 0) is 0 Å². The molecule has 8 rings (SSSR count). The van der Waals surface area contributed by atoms with Crippen LogP contribution in [0.25, 0.3) is 72.0 Å². The van der Waals surface area contributed by atoms with E-state index in [9.17, 15) is 0 Å². The van der Waals surface area contributed by atoms with Crippen molar-refractivity contribution in [2.75, 3.05) is 0 Å². The van der Waals surface area contributed by atoms with Crippen molar-refractivity contribution < 1.29 is 0 Å². The molecule has 0 radical (unpaired) electrons. The van der Waals surface area contributed by atoms with E-state index in [0.717, 1.165) is 39.4 Å². The molecule has 0 saturated heterocycles. The molecule has 192 valence electrons. The number of fused-ring (bicyclic) bond motifs is 3. The molecule has 0 bridgehead atoms. The van der Waals surface area contributed by atoms with Gasteiger partial charge in [0.1, 0.15) is 5.82 Å². The molecule has 0 aliphatic carbocycles. The Kier molecular flexibility index (Phi) is 5.46. The van der Waals surface area contributed by atoms with Crippen LogP contribution in [0.5, 0.6) is 0 Å². The first-order valence-corrected chi connectivity index (χ1v) is 13.9. The summed E-state index contributed by atoms with van der Waals surface area (Å²) in [6.45, 7) is 0. The molecule has 0 unspecified atom stereocenters. The minimum atomic E-state index is 0.939. The zero-order chi connectivity index (χ0) is 27.2. The van der Waals surface area contributed by atoms with Gasteiger partial charge in [-0.2, -0.15) is 0 Å². The molecule has 2 heterocycles. The Balaban J connectivity index is 1.45. The highest BCUT2D eigenvalue weighted by Gasteiger charge is 2.21. The van der Waals surface area contributed by atoms with Crippen molar-refractivity contribution in [1.29, 1.82) is 0 Å². The van der Waals surface area contributed by atoms with Crippen LogP contribution < -0.4 is 0 Å². The second-order valence-electron chi connectivity index (χ2n) is 10.2. The first-order chi connectivity index (χ1) is 20.4. The van der Waals surface area contributed by atoms with Crippen molar-refractivity contribution in [2.45, 2.75) is 0 Å². The molecule has 0 atom stereocenters. The van der Waals surface area contributed by atoms with E-state index in [1.54, 1.807) is 0 Å². The van der Waals surface area contributed by atoms with E-state index in [1.165, 1.54) is 32.7 Å². The lowest BCUT2D eigenvalue weighted by Crippen LogP contribution is -2.01. The number of hydrogen-bond donors (Lipinski definition) is 0. The van der Waals surface area contributed by atoms with Crippen molar-refractivity contribution in [3.05, 3.63) is 152 Å². The Bertz CT molecular complexity index is 2120. The molecular formula is C38H25N3. The predicted octanol–water partition coefficient (Wildman–Crippen LogP) is 9.73. The van der Waals surface area contributed by atoms with Gasteiger partial charge >= 0.3 is 0 Å². The van der Waals surface area contributed by atoms with Gasteiger partial charge in [0.15, 0.2) is 0 Å². The van der Waals surface area contributed by atoms with Gasteiger partial charge in [0.05, 0.1) is 22.4 Å². The summed E-state index contributed by atoms with van der Waals surface area (Å²) in [6, 6.07) is 51.2. The molecule has 0 aliphatic heterocycles. The maximum atomic E-state index is 5.15. The number of para-hydroxylation sites is 2. The Morgan fingerprint density at radius 2 is 1.02 bits per heavy atom. The van der Waals surface area contributed by atoms with Gasteiger partial charge in [0.2, 0.25) is 0 Å². The highest BCUT2D eigenvalue weighted by atomic mass is 15.1. The number of rotatable bonds is 4. The number of aromatic nitrogens is 3. The summed E-state index contributed by atoms with van der Waals surface area (Å²) in [5.74, 6) is 0.939. The molecule has 0 spiro atoms. The highest BCUT2D eigenvalue weighted by molar-refractivity contribution is 6.19. The topological polar surface area (TPSA) is 30.7 Å². The first kappa shape index (κ1) is 23.4. The SMILES string of the molecule is c1ccc(-c2nc3ccccc3n2-c2c3ccccc3c(-c3ccc(-c4ccccn4)cc3)c3ccccc23)cc1. The Labute approximate surface area is 238 Å². The van der Waals surface area contributed by atoms with Gasteiger partial charge in [-0.05, 0) is 46.2 Å². The summed E-state index contributed by atoms with van der Waals surface area (Å²) >= 11 is 0. The largest absolute Gasteiger partial charge is 0.291 e. The third kappa shape index (κ3) is 3.82. The number of benzene rings is 6. The maximum Gasteiger partial charge on any atom is 0.145 e. The van der Waals surface area contributed by atoms with Crippen LogP contribution in [-0.4, -0.2) is 14.5 Å². The summed E-state index contributed by atoms with van der Waals surface area (Å²) in [6.07, 6.45) is 1.84. The minimum Gasteiger partial charge on any atom is -0.291 e. The molecule has 6 aromatic carbocycles. The van der Waals surface area contributed by atoms with Gasteiger partial charge in [-0.25, -0.2) is 4.98 Å². The fraction of sp³-hybridized carbons (Fsp3) is 0. The summed E-state index contributed by atoms with van der Waals surface area (Å²) in [5, 5.41) is 4.80. The van der Waals surface area contributed by atoms with E-state index in [-0.39, 0.29) is 0 Å². The van der Waals surface area contributed by atoms with Gasteiger partial charge in [-0.1, -0.05) is 121 Å². The molecule has 41 heavy (non-hydrogen) atoms. The molecule has 0 fully saturated rings. The predicted molar refractivity (Wildman–Crippen MR) is 170 cm³/mol. The number of nitrogens with zero attached hydrogens (tertiary/aromatic N) is 3. The number of imidazole rings is 1. The van der Waals surface area contributed by atoms with E-state index in [4.69, 9.17) is 4.98 Å². The molecule has 2 aromatic heterocycles. The van der Waals surface area contributed by atoms with Crippen LogP contribution in [0.3, 0.4) is 0 Å². The van der Waals surface area contributed by atoms with Crippen molar-refractivity contribution in [1.82, 2.24) is 14.5 Å². The van der Waals surface area contributed by atoms with E-state index in [1.807, 2.05) is 24.4 Å². The summed E-state index contributed by atoms with van der Waals surface area (Å²) in [4.78, 5) is 9.69. The van der Waals surface area contributed by atoms with Gasteiger partial charge in [-0.15, -0.1) is 0 Å². The van der Waals surface area contributed by atoms with Crippen LogP contribution in [0.2, 0.25) is 0 Å². The quantitative estimate of drug-likeness (QED) is 0.215. The highest BCUT2D eigenvalue weighted by Crippen LogP contribution is 2.43. The van der Waals surface area contributed by atoms with E-state index in [0.29, 0.717) is 0 Å². The first-order valence-electron chi connectivity index (χ1n) is 13.9. The standard InChI is InChI=1S/C38H25N3/c1-2-12-28(13-3-1)38-40-34-19-8-9-20-35(34)41(38)37-31-16-6-4-14-29(31)36(30-15-5-7-17-32(30)37)27-23-21-26(22-24-27)33-18-10-11-25-39-33/h1-25H. The summed E-state index contributed by atoms with van der Waals surface area (Å²) < 4.78 is 2.35. The number of hydrogen-bond acceptors (Lipinski definition) is 2. The molecule has 0 N–H and O–H groups in total. The molecule has 0 saturated carbocycles. The lowest BCUT2D eigenvalue weighted by atomic mass is 9.90. The molecule has 3 nitrogen and oxygen atoms in total. The van der Waals surface area contributed by atoms with Crippen LogP contribution in [0.1, 0.15) is 0 Å². The van der Waals surface area contributed by atoms with Crippen molar-refractivity contribution in [2.24, 2.45) is 0 Å². The van der Waals surface area contributed by atoms with Gasteiger partial charge < -0.3 is 0 Å². The normalized spacial score (nSPS) is 11.4. The molecule has 3 heteroatoms. The van der Waals surface area contributed by atoms with Gasteiger partial charge in [0, 0.05) is 28.1 Å². The maximum absolute atomic E-state index is 5.15. The van der Waals surface area contributed by atoms with Crippen LogP contribution in [0.4, 0.5) is 0 Å². The van der Waals surface area contributed by atoms with E-state index >= 15 is 0 Å². The minimum absolute atomic E-state index is 0.939. The third-order valence-corrected chi connectivity index (χ3v) is 7.85. The molecule has 0 amide bonds. The average Bonchev–Trinajstić information content (AvgIpc) is 3.44. The monoisotopic (exact) mass is 523 g/mol. The number of pyridine rings is 1. The fourth-order valence-corrected chi connectivity index (χ4v) is 6.03. The lowest BCUT2D eigenvalue weighted by Gasteiger charge is -2.20. The van der Waals surface area contributed by atoms with E-state index < -0.39 is 0 Å². The van der Waals surface area contributed by atoms with Crippen molar-refractivity contribution in [3.63, 3.8) is 0 Å². The van der Waals surface area contributed by atoms with Crippen molar-refractivity contribution in [3.8, 4) is 39.5 Å². The zero-order valence-electron chi connectivity index (χ0n) is 22.3. The molecule has 0 aliphatic rings. The summed E-state index contributed by atoms with van der Waals surface area (Å²) in [5.41, 5.74) is 8.81. The van der Waals surface area contributed by atoms with Crippen LogP contribution >= 0.6 is 0 Å². The lowest BCUT2D eigenvalue weighted by molar-refractivity contribution is 1.13. The Hall–Kier alpha value is -5.54. The van der Waals surface area contributed by atoms with Crippen LogP contribution in [0.15, 0.2) is 152 Å². The molecule has 8 aromatic rings. The Morgan fingerprint density at radius 3 is 1.71 bits per heavy atom. The average molecular weight is 524 g/mol.